The molecule has 1 N–H and O–H groups in total. The Balaban J connectivity index is 2.08. The van der Waals surface area contributed by atoms with E-state index in [1.54, 1.807) is 24.8 Å². The first-order valence-electron chi connectivity index (χ1n) is 4.70. The summed E-state index contributed by atoms with van der Waals surface area (Å²) in [5, 5.41) is 2.98. The van der Waals surface area contributed by atoms with Gasteiger partial charge in [-0.3, -0.25) is 0 Å². The molecule has 0 spiro atoms. The van der Waals surface area contributed by atoms with Crippen LogP contribution in [0.4, 0.5) is 10.2 Å². The van der Waals surface area contributed by atoms with Crippen molar-refractivity contribution in [3.63, 3.8) is 0 Å². The van der Waals surface area contributed by atoms with E-state index in [-0.39, 0.29) is 17.7 Å². The van der Waals surface area contributed by atoms with Crippen LogP contribution in [0, 0.1) is 5.82 Å². The lowest BCUT2D eigenvalue weighted by molar-refractivity contribution is 0.403. The summed E-state index contributed by atoms with van der Waals surface area (Å²) >= 11 is 0. The predicted molar refractivity (Wildman–Crippen MR) is 55.6 cm³/mol. The van der Waals surface area contributed by atoms with Gasteiger partial charge in [-0.15, -0.1) is 0 Å². The van der Waals surface area contributed by atoms with Crippen LogP contribution in [0.15, 0.2) is 43.0 Å². The van der Waals surface area contributed by atoms with Gasteiger partial charge in [-0.1, -0.05) is 0 Å². The summed E-state index contributed by atoms with van der Waals surface area (Å²) in [6, 6.07) is 2.95. The average Bonchev–Trinajstić information content (AvgIpc) is 2.50. The van der Waals surface area contributed by atoms with Gasteiger partial charge in [0.15, 0.2) is 11.6 Å². The van der Waals surface area contributed by atoms with Gasteiger partial charge < -0.3 is 10.1 Å². The predicted octanol–water partition coefficient (Wildman–Crippen LogP) is 2.45. The molecule has 78 valence electrons. The summed E-state index contributed by atoms with van der Waals surface area (Å²) in [7, 11) is 0. The molecule has 1 aliphatic heterocycles. The molecule has 0 fully saturated rings. The molecule has 2 rings (SSSR count). The molecule has 15 heavy (non-hydrogen) atoms. The van der Waals surface area contributed by atoms with Crippen LogP contribution < -0.4 is 5.32 Å². The van der Waals surface area contributed by atoms with E-state index in [1.807, 2.05) is 12.2 Å². The molecule has 0 amide bonds. The number of hydrogen-bond acceptors (Lipinski definition) is 3. The Labute approximate surface area is 87.3 Å². The van der Waals surface area contributed by atoms with Gasteiger partial charge >= 0.3 is 0 Å². The molecular weight excluding hydrogens is 195 g/mol. The van der Waals surface area contributed by atoms with Crippen LogP contribution in [0.2, 0.25) is 0 Å². The van der Waals surface area contributed by atoms with E-state index in [0.29, 0.717) is 0 Å². The largest absolute Gasteiger partial charge is 0.473 e. The van der Waals surface area contributed by atoms with E-state index in [4.69, 9.17) is 4.74 Å². The summed E-state index contributed by atoms with van der Waals surface area (Å²) in [5.41, 5.74) is 0. The van der Waals surface area contributed by atoms with Crippen LogP contribution in [0.3, 0.4) is 0 Å². The maximum absolute atomic E-state index is 13.2. The van der Waals surface area contributed by atoms with Crippen molar-refractivity contribution in [2.75, 3.05) is 5.32 Å². The fourth-order valence-corrected chi connectivity index (χ4v) is 1.30. The second-order valence-corrected chi connectivity index (χ2v) is 3.16. The van der Waals surface area contributed by atoms with Crippen molar-refractivity contribution in [3.8, 4) is 0 Å². The monoisotopic (exact) mass is 206 g/mol. The lowest BCUT2D eigenvalue weighted by atomic mass is 10.2. The van der Waals surface area contributed by atoms with E-state index in [2.05, 4.69) is 10.3 Å². The van der Waals surface area contributed by atoms with Gasteiger partial charge in [0.05, 0.1) is 18.6 Å². The van der Waals surface area contributed by atoms with Gasteiger partial charge in [0.2, 0.25) is 0 Å². The highest BCUT2D eigenvalue weighted by Crippen LogP contribution is 2.13. The summed E-state index contributed by atoms with van der Waals surface area (Å²) in [6.45, 7) is 0. The summed E-state index contributed by atoms with van der Waals surface area (Å²) in [4.78, 5) is 3.92. The normalized spacial score (nSPS) is 19.4. The fourth-order valence-electron chi connectivity index (χ4n) is 1.30. The Kier molecular flexibility index (Phi) is 2.97. The van der Waals surface area contributed by atoms with Crippen LogP contribution in [-0.2, 0) is 4.74 Å². The van der Waals surface area contributed by atoms with E-state index in [9.17, 15) is 4.39 Å². The quantitative estimate of drug-likeness (QED) is 0.807. The number of hydrogen-bond donors (Lipinski definition) is 1. The van der Waals surface area contributed by atoms with Crippen molar-refractivity contribution in [2.24, 2.45) is 0 Å². The minimum absolute atomic E-state index is 0.00755. The number of nitrogens with zero attached hydrogens (tertiary/aromatic N) is 1. The Bertz CT molecular complexity index is 390. The highest BCUT2D eigenvalue weighted by Gasteiger charge is 2.08. The lowest BCUT2D eigenvalue weighted by Gasteiger charge is -2.12. The molecule has 1 atom stereocenters. The summed E-state index contributed by atoms with van der Waals surface area (Å²) < 4.78 is 18.2. The number of ether oxygens (including phenoxy) is 1. The molecule has 3 nitrogen and oxygen atoms in total. The van der Waals surface area contributed by atoms with Crippen molar-refractivity contribution in [2.45, 2.75) is 12.5 Å². The van der Waals surface area contributed by atoms with Crippen molar-refractivity contribution in [1.29, 1.82) is 0 Å². The van der Waals surface area contributed by atoms with E-state index >= 15 is 0 Å². The molecular formula is C11H11FN2O. The second kappa shape index (κ2) is 4.59. The highest BCUT2D eigenvalue weighted by atomic mass is 19.1. The topological polar surface area (TPSA) is 34.2 Å². The molecule has 0 aromatic carbocycles. The first-order valence-corrected chi connectivity index (χ1v) is 4.70. The average molecular weight is 206 g/mol. The molecule has 2 heterocycles. The van der Waals surface area contributed by atoms with Gasteiger partial charge in [-0.05, 0) is 30.7 Å². The molecule has 0 saturated carbocycles. The minimum Gasteiger partial charge on any atom is -0.473 e. The molecule has 0 unspecified atom stereocenters. The third-order valence-corrected chi connectivity index (χ3v) is 2.03. The van der Waals surface area contributed by atoms with Gasteiger partial charge in [-0.25, -0.2) is 9.37 Å². The molecule has 0 aliphatic carbocycles. The maximum Gasteiger partial charge on any atom is 0.165 e. The number of aromatic nitrogens is 1. The molecule has 0 radical (unpaired) electrons. The zero-order valence-corrected chi connectivity index (χ0v) is 8.06. The van der Waals surface area contributed by atoms with Crippen LogP contribution in [0.1, 0.15) is 6.42 Å². The Morgan fingerprint density at radius 2 is 2.40 bits per heavy atom. The minimum atomic E-state index is -0.347. The summed E-state index contributed by atoms with van der Waals surface area (Å²) in [5.74, 6) is -0.0810. The molecule has 4 heteroatoms. The van der Waals surface area contributed by atoms with Crippen molar-refractivity contribution in [3.05, 3.63) is 48.8 Å². The van der Waals surface area contributed by atoms with Gasteiger partial charge in [0.1, 0.15) is 0 Å². The van der Waals surface area contributed by atoms with Crippen LogP contribution in [0.25, 0.3) is 0 Å². The standard InChI is InChI=1S/C11H11FN2O/c12-10-4-1-6-13-11(10)14-9-3-2-7-15-8-5-9/h1-2,4-9H,3H2,(H,13,14)/t9-/m0/s1. The Hall–Kier alpha value is -1.84. The van der Waals surface area contributed by atoms with Crippen molar-refractivity contribution in [1.82, 2.24) is 4.98 Å². The zero-order chi connectivity index (χ0) is 10.5. The molecule has 0 saturated heterocycles. The first kappa shape index (κ1) is 9.71. The van der Waals surface area contributed by atoms with Crippen LogP contribution in [-0.4, -0.2) is 11.0 Å². The highest BCUT2D eigenvalue weighted by molar-refractivity contribution is 5.38. The smallest absolute Gasteiger partial charge is 0.165 e. The van der Waals surface area contributed by atoms with E-state index < -0.39 is 0 Å². The number of pyridine rings is 1. The Morgan fingerprint density at radius 3 is 3.27 bits per heavy atom. The van der Waals surface area contributed by atoms with Crippen LogP contribution >= 0.6 is 0 Å². The van der Waals surface area contributed by atoms with Gasteiger partial charge in [0.25, 0.3) is 0 Å². The van der Waals surface area contributed by atoms with E-state index in [0.717, 1.165) is 6.42 Å². The molecule has 1 aromatic heterocycles. The van der Waals surface area contributed by atoms with Crippen LogP contribution in [0.5, 0.6) is 0 Å². The number of rotatable bonds is 2. The lowest BCUT2D eigenvalue weighted by Crippen LogP contribution is -2.17. The fraction of sp³-hybridized carbons (Fsp3) is 0.182. The first-order chi connectivity index (χ1) is 7.36. The summed E-state index contributed by atoms with van der Waals surface area (Å²) in [6.07, 6.45) is 9.17. The van der Waals surface area contributed by atoms with E-state index in [1.165, 1.54) is 6.07 Å². The SMILES string of the molecule is Fc1cccnc1N[C@@H]1C=COC=CC1. The third kappa shape index (κ3) is 2.56. The van der Waals surface area contributed by atoms with Gasteiger partial charge in [0, 0.05) is 6.20 Å². The number of halogens is 1. The number of nitrogens with one attached hydrogen (secondary N) is 1. The molecule has 1 aromatic rings. The van der Waals surface area contributed by atoms with Crippen molar-refractivity contribution >= 4 is 5.82 Å². The third-order valence-electron chi connectivity index (χ3n) is 2.03. The Morgan fingerprint density at radius 1 is 1.47 bits per heavy atom. The second-order valence-electron chi connectivity index (χ2n) is 3.16. The van der Waals surface area contributed by atoms with Crippen molar-refractivity contribution < 1.29 is 9.13 Å². The molecule has 1 aliphatic rings. The number of anilines is 1. The zero-order valence-electron chi connectivity index (χ0n) is 8.06. The van der Waals surface area contributed by atoms with Gasteiger partial charge in [-0.2, -0.15) is 0 Å². The maximum atomic E-state index is 13.2. The molecule has 0 bridgehead atoms.